The predicted molar refractivity (Wildman–Crippen MR) is 0 cm³/mol. The molecule has 0 aliphatic carbocycles. The van der Waals surface area contributed by atoms with Crippen LogP contribution in [0.5, 0.6) is 0 Å². The van der Waals surface area contributed by atoms with Gasteiger partial charge in [-0.05, 0) is 0 Å². The van der Waals surface area contributed by atoms with E-state index in [9.17, 15) is 0 Å². The molecule has 19 valence electrons. The van der Waals surface area contributed by atoms with Crippen LogP contribution in [-0.2, 0) is 83.8 Å². The van der Waals surface area contributed by atoms with E-state index in [1.54, 1.807) is 0 Å². The van der Waals surface area contributed by atoms with Crippen LogP contribution in [0.3, 0.4) is 0 Å². The van der Waals surface area contributed by atoms with Crippen LogP contribution in [0.2, 0.25) is 0 Å². The normalized spacial score (nSPS) is 0. The minimum absolute atomic E-state index is 0. The molecule has 4 heavy (non-hydrogen) atoms. The maximum absolute atomic E-state index is 0. The van der Waals surface area contributed by atoms with Crippen molar-refractivity contribution >= 4 is 0 Å². The Morgan fingerprint density at radius 2 is 1.00 bits per heavy atom. The zero-order valence-electron chi connectivity index (χ0n) is 1.86. The molecule has 0 spiro atoms. The molecule has 0 fully saturated rings. The second-order valence-electron chi connectivity index (χ2n) is 0. The summed E-state index contributed by atoms with van der Waals surface area (Å²) in [5, 5.41) is 0. The third kappa shape index (κ3) is 8.83. The molecular weight excluding hydrogens is 242 g/mol. The fourth-order valence-electron chi connectivity index (χ4n) is 0. The SMILES string of the molecule is [Cr].[Ti].[V].[Zr]. The van der Waals surface area contributed by atoms with Gasteiger partial charge in [0.1, 0.15) is 0 Å². The Morgan fingerprint density at radius 1 is 1.00 bits per heavy atom. The molecule has 0 aromatic carbocycles. The standard InChI is InChI=1S/Cr.Ti.V.Zr. The van der Waals surface area contributed by atoms with Gasteiger partial charge in [-0.1, -0.05) is 0 Å². The van der Waals surface area contributed by atoms with Gasteiger partial charge in [0.05, 0.1) is 0 Å². The molecule has 1 radical (unpaired) electrons. The fourth-order valence-corrected chi connectivity index (χ4v) is 0. The average molecular weight is 242 g/mol. The van der Waals surface area contributed by atoms with Crippen molar-refractivity contribution in [2.24, 2.45) is 0 Å². The van der Waals surface area contributed by atoms with Crippen molar-refractivity contribution < 1.29 is 83.8 Å². The molecule has 4 heteroatoms. The van der Waals surface area contributed by atoms with Crippen LogP contribution in [0.1, 0.15) is 0 Å². The summed E-state index contributed by atoms with van der Waals surface area (Å²) in [5.41, 5.74) is 0. The van der Waals surface area contributed by atoms with Crippen molar-refractivity contribution in [1.82, 2.24) is 0 Å². The first kappa shape index (κ1) is 29.8. The van der Waals surface area contributed by atoms with E-state index < -0.39 is 0 Å². The summed E-state index contributed by atoms with van der Waals surface area (Å²) in [5.74, 6) is 0. The molecule has 0 unspecified atom stereocenters. The summed E-state index contributed by atoms with van der Waals surface area (Å²) >= 11 is 0. The molecule has 0 aliphatic heterocycles. The Kier molecular flexibility index (Phi) is 128. The van der Waals surface area contributed by atoms with E-state index in [1.165, 1.54) is 0 Å². The van der Waals surface area contributed by atoms with E-state index >= 15 is 0 Å². The first-order chi connectivity index (χ1) is 0. The smallest absolute Gasteiger partial charge is 0 e. The maximum atomic E-state index is 0. The summed E-state index contributed by atoms with van der Waals surface area (Å²) < 4.78 is 0. The van der Waals surface area contributed by atoms with Crippen LogP contribution in [0.15, 0.2) is 0 Å². The van der Waals surface area contributed by atoms with Crippen molar-refractivity contribution in [2.75, 3.05) is 0 Å². The molecule has 0 nitrogen and oxygen atoms in total. The Bertz CT molecular complexity index is 8.00. The largest absolute Gasteiger partial charge is 0 e. The number of rotatable bonds is 0. The first-order valence-electron chi connectivity index (χ1n) is 0. The minimum Gasteiger partial charge on any atom is 0 e. The van der Waals surface area contributed by atoms with Crippen LogP contribution >= 0.6 is 0 Å². The van der Waals surface area contributed by atoms with Gasteiger partial charge in [-0.2, -0.15) is 0 Å². The van der Waals surface area contributed by atoms with E-state index in [-0.39, 0.29) is 83.8 Å². The Labute approximate surface area is 82.5 Å². The zero-order chi connectivity index (χ0) is 0. The van der Waals surface area contributed by atoms with Crippen LogP contribution < -0.4 is 0 Å². The summed E-state index contributed by atoms with van der Waals surface area (Å²) in [6, 6.07) is 0. The third-order valence-corrected chi connectivity index (χ3v) is 0. The predicted octanol–water partition coefficient (Wildman–Crippen LogP) is -0.0100. The second-order valence-corrected chi connectivity index (χ2v) is 0. The molecule has 0 aromatic rings. The van der Waals surface area contributed by atoms with E-state index in [2.05, 4.69) is 0 Å². The molecular formula is CrTiVZr. The molecule has 0 aliphatic rings. The van der Waals surface area contributed by atoms with Crippen molar-refractivity contribution in [3.63, 3.8) is 0 Å². The fraction of sp³-hybridized carbons (Fsp3) is 0. The van der Waals surface area contributed by atoms with Gasteiger partial charge < -0.3 is 0 Å². The Hall–Kier alpha value is 2.71. The summed E-state index contributed by atoms with van der Waals surface area (Å²) in [4.78, 5) is 0. The maximum Gasteiger partial charge on any atom is 0 e. The summed E-state index contributed by atoms with van der Waals surface area (Å²) in [6.45, 7) is 0. The Balaban J connectivity index is 0. The van der Waals surface area contributed by atoms with Gasteiger partial charge in [0, 0.05) is 83.8 Å². The Morgan fingerprint density at radius 3 is 1.00 bits per heavy atom. The second kappa shape index (κ2) is 17.2. The van der Waals surface area contributed by atoms with Gasteiger partial charge in [-0.25, -0.2) is 0 Å². The molecule has 0 bridgehead atoms. The average Bonchev–Trinajstić information content (AvgIpc) is 0. The molecule has 0 N–H and O–H groups in total. The summed E-state index contributed by atoms with van der Waals surface area (Å²) in [7, 11) is 0. The van der Waals surface area contributed by atoms with Crippen molar-refractivity contribution in [3.8, 4) is 0 Å². The van der Waals surface area contributed by atoms with E-state index in [4.69, 9.17) is 0 Å². The molecule has 0 rings (SSSR count). The van der Waals surface area contributed by atoms with Crippen molar-refractivity contribution in [1.29, 1.82) is 0 Å². The third-order valence-electron chi connectivity index (χ3n) is 0. The van der Waals surface area contributed by atoms with Crippen molar-refractivity contribution in [2.45, 2.75) is 0 Å². The van der Waals surface area contributed by atoms with Gasteiger partial charge in [-0.15, -0.1) is 0 Å². The van der Waals surface area contributed by atoms with E-state index in [1.807, 2.05) is 0 Å². The van der Waals surface area contributed by atoms with Crippen LogP contribution in [-0.4, -0.2) is 0 Å². The molecule has 0 amide bonds. The first-order valence-corrected chi connectivity index (χ1v) is 0. The molecule has 0 saturated heterocycles. The molecule has 0 saturated carbocycles. The summed E-state index contributed by atoms with van der Waals surface area (Å²) in [6.07, 6.45) is 0. The minimum atomic E-state index is 0. The zero-order valence-corrected chi connectivity index (χ0v) is 8.55. The van der Waals surface area contributed by atoms with Crippen molar-refractivity contribution in [3.05, 3.63) is 0 Å². The van der Waals surface area contributed by atoms with Crippen LogP contribution in [0.4, 0.5) is 0 Å². The molecule has 0 aromatic heterocycles. The van der Waals surface area contributed by atoms with Crippen LogP contribution in [0.25, 0.3) is 0 Å². The quantitative estimate of drug-likeness (QED) is 0.524. The number of hydrogen-bond acceptors (Lipinski definition) is 0. The van der Waals surface area contributed by atoms with Gasteiger partial charge in [0.25, 0.3) is 0 Å². The molecule has 0 heterocycles. The van der Waals surface area contributed by atoms with Gasteiger partial charge >= 0.3 is 0 Å². The monoisotopic (exact) mass is 241 g/mol. The van der Waals surface area contributed by atoms with Crippen LogP contribution in [0, 0.1) is 0 Å². The number of hydrogen-bond donors (Lipinski definition) is 0. The topological polar surface area (TPSA) is 0 Å². The molecule has 0 atom stereocenters. The van der Waals surface area contributed by atoms with Gasteiger partial charge in [0.2, 0.25) is 0 Å². The van der Waals surface area contributed by atoms with Gasteiger partial charge in [0.15, 0.2) is 0 Å². The van der Waals surface area contributed by atoms with Gasteiger partial charge in [-0.3, -0.25) is 0 Å². The van der Waals surface area contributed by atoms with E-state index in [0.717, 1.165) is 0 Å². The van der Waals surface area contributed by atoms with E-state index in [0.29, 0.717) is 0 Å².